The minimum absolute atomic E-state index is 0.0238. The van der Waals surface area contributed by atoms with Gasteiger partial charge in [0.25, 0.3) is 0 Å². The number of hydrogen-bond acceptors (Lipinski definition) is 5. The number of benzene rings is 3. The van der Waals surface area contributed by atoms with Crippen LogP contribution >= 0.6 is 0 Å². The Labute approximate surface area is 206 Å². The second-order valence-corrected chi connectivity index (χ2v) is 10.4. The van der Waals surface area contributed by atoms with E-state index in [1.807, 2.05) is 24.3 Å². The molecule has 1 atom stereocenters. The molecule has 184 valence electrons. The summed E-state index contributed by atoms with van der Waals surface area (Å²) in [7, 11) is -2.80. The molecule has 0 saturated carbocycles. The molecule has 3 aromatic carbocycles. The molecule has 7 nitrogen and oxygen atoms in total. The second kappa shape index (κ2) is 11.0. The molecule has 0 radical (unpaired) electrons. The lowest BCUT2D eigenvalue weighted by molar-refractivity contribution is -0.138. The molecule has 35 heavy (non-hydrogen) atoms. The fourth-order valence-electron chi connectivity index (χ4n) is 4.39. The number of nitrogens with zero attached hydrogens (tertiary/aromatic N) is 1. The monoisotopic (exact) mass is 494 g/mol. The van der Waals surface area contributed by atoms with Crippen LogP contribution in [0.5, 0.6) is 5.75 Å². The average Bonchev–Trinajstić information content (AvgIpc) is 3.37. The Morgan fingerprint density at radius 3 is 2.34 bits per heavy atom. The molecule has 3 aromatic rings. The Balaban J connectivity index is 1.62. The van der Waals surface area contributed by atoms with E-state index >= 15 is 0 Å². The minimum atomic E-state index is -4.19. The van der Waals surface area contributed by atoms with Gasteiger partial charge in [-0.15, -0.1) is 0 Å². The molecule has 4 rings (SSSR count). The van der Waals surface area contributed by atoms with Gasteiger partial charge in [-0.05, 0) is 72.8 Å². The van der Waals surface area contributed by atoms with Crippen LogP contribution in [0.2, 0.25) is 0 Å². The summed E-state index contributed by atoms with van der Waals surface area (Å²) in [5.41, 5.74) is 3.49. The molecule has 1 unspecified atom stereocenters. The molecule has 1 fully saturated rings. The molecule has 1 saturated heterocycles. The van der Waals surface area contributed by atoms with E-state index in [9.17, 15) is 18.3 Å². The van der Waals surface area contributed by atoms with Crippen LogP contribution in [0.15, 0.2) is 77.7 Å². The molecule has 1 aliphatic rings. The predicted molar refractivity (Wildman–Crippen MR) is 135 cm³/mol. The van der Waals surface area contributed by atoms with Gasteiger partial charge in [0, 0.05) is 6.54 Å². The standard InChI is InChI=1S/C27H30N2O5S/c1-34-25-13-12-23(22-11-7-10-21(16-22)19-29-14-5-6-15-29)18-26(25)35(32,33)28-24(27(30)31)17-20-8-3-2-4-9-20/h2-4,7-13,16,18,24,28H,5-6,14-15,17,19H2,1H3,(H,30,31). The summed E-state index contributed by atoms with van der Waals surface area (Å²) in [6.07, 6.45) is 2.46. The lowest BCUT2D eigenvalue weighted by Crippen LogP contribution is -2.42. The number of carboxylic acid groups (broad SMARTS) is 1. The van der Waals surface area contributed by atoms with Crippen molar-refractivity contribution < 1.29 is 23.1 Å². The van der Waals surface area contributed by atoms with Gasteiger partial charge in [-0.2, -0.15) is 4.72 Å². The summed E-state index contributed by atoms with van der Waals surface area (Å²) >= 11 is 0. The Bertz CT molecular complexity index is 1270. The van der Waals surface area contributed by atoms with Crippen molar-refractivity contribution in [2.24, 2.45) is 0 Å². The van der Waals surface area contributed by atoms with E-state index < -0.39 is 22.0 Å². The summed E-state index contributed by atoms with van der Waals surface area (Å²) in [6.45, 7) is 3.04. The molecule has 0 aliphatic carbocycles. The fourth-order valence-corrected chi connectivity index (χ4v) is 5.78. The van der Waals surface area contributed by atoms with Gasteiger partial charge in [0.05, 0.1) is 7.11 Å². The van der Waals surface area contributed by atoms with Crippen LogP contribution in [0.1, 0.15) is 24.0 Å². The average molecular weight is 495 g/mol. The fraction of sp³-hybridized carbons (Fsp3) is 0.296. The number of likely N-dealkylation sites (tertiary alicyclic amines) is 1. The van der Waals surface area contributed by atoms with Crippen LogP contribution in [0.4, 0.5) is 0 Å². The summed E-state index contributed by atoms with van der Waals surface area (Å²) in [5, 5.41) is 9.69. The number of rotatable bonds is 10. The number of carbonyl (C=O) groups is 1. The highest BCUT2D eigenvalue weighted by atomic mass is 32.2. The first-order chi connectivity index (χ1) is 16.9. The number of sulfonamides is 1. The van der Waals surface area contributed by atoms with Gasteiger partial charge in [0.15, 0.2) is 0 Å². The van der Waals surface area contributed by atoms with Gasteiger partial charge in [-0.3, -0.25) is 9.69 Å². The lowest BCUT2D eigenvalue weighted by atomic mass is 10.0. The van der Waals surface area contributed by atoms with Crippen molar-refractivity contribution in [3.05, 3.63) is 83.9 Å². The van der Waals surface area contributed by atoms with E-state index in [1.54, 1.807) is 30.3 Å². The van der Waals surface area contributed by atoms with E-state index in [4.69, 9.17) is 4.74 Å². The summed E-state index contributed by atoms with van der Waals surface area (Å²) < 4.78 is 34.4. The van der Waals surface area contributed by atoms with Gasteiger partial charge in [-0.1, -0.05) is 54.6 Å². The smallest absolute Gasteiger partial charge is 0.322 e. The normalized spacial score (nSPS) is 15.1. The summed E-state index contributed by atoms with van der Waals surface area (Å²) in [5.74, 6) is -1.10. The number of ether oxygens (including phenoxy) is 1. The molecule has 0 aromatic heterocycles. The maximum Gasteiger partial charge on any atom is 0.322 e. The third-order valence-corrected chi connectivity index (χ3v) is 7.69. The zero-order valence-corrected chi connectivity index (χ0v) is 20.5. The highest BCUT2D eigenvalue weighted by Crippen LogP contribution is 2.31. The van der Waals surface area contributed by atoms with Crippen LogP contribution < -0.4 is 9.46 Å². The van der Waals surface area contributed by atoms with E-state index in [-0.39, 0.29) is 17.1 Å². The highest BCUT2D eigenvalue weighted by molar-refractivity contribution is 7.89. The van der Waals surface area contributed by atoms with E-state index in [2.05, 4.69) is 21.8 Å². The van der Waals surface area contributed by atoms with Crippen molar-refractivity contribution in [2.45, 2.75) is 36.7 Å². The highest BCUT2D eigenvalue weighted by Gasteiger charge is 2.28. The number of aliphatic carboxylic acids is 1. The van der Waals surface area contributed by atoms with Gasteiger partial charge in [0.1, 0.15) is 16.7 Å². The number of carboxylic acids is 1. The minimum Gasteiger partial charge on any atom is -0.495 e. The maximum atomic E-state index is 13.3. The molecule has 0 bridgehead atoms. The van der Waals surface area contributed by atoms with Crippen molar-refractivity contribution in [3.8, 4) is 16.9 Å². The zero-order valence-electron chi connectivity index (χ0n) is 19.7. The first-order valence-electron chi connectivity index (χ1n) is 11.6. The van der Waals surface area contributed by atoms with Crippen molar-refractivity contribution >= 4 is 16.0 Å². The van der Waals surface area contributed by atoms with Crippen LogP contribution in [-0.2, 0) is 27.8 Å². The van der Waals surface area contributed by atoms with Crippen molar-refractivity contribution in [1.82, 2.24) is 9.62 Å². The molecule has 1 heterocycles. The van der Waals surface area contributed by atoms with Crippen LogP contribution in [-0.4, -0.2) is 50.6 Å². The SMILES string of the molecule is COc1ccc(-c2cccc(CN3CCCC3)c2)cc1S(=O)(=O)NC(Cc1ccccc1)C(=O)O. The topological polar surface area (TPSA) is 95.9 Å². The van der Waals surface area contributed by atoms with Gasteiger partial charge >= 0.3 is 5.97 Å². The van der Waals surface area contributed by atoms with Crippen LogP contribution in [0.25, 0.3) is 11.1 Å². The molecule has 1 aliphatic heterocycles. The molecule has 0 spiro atoms. The van der Waals surface area contributed by atoms with Crippen molar-refractivity contribution in [3.63, 3.8) is 0 Å². The zero-order chi connectivity index (χ0) is 24.8. The van der Waals surface area contributed by atoms with Crippen LogP contribution in [0, 0.1) is 0 Å². The Hall–Kier alpha value is -3.20. The van der Waals surface area contributed by atoms with Gasteiger partial charge in [0.2, 0.25) is 10.0 Å². The molecular formula is C27H30N2O5S. The molecular weight excluding hydrogens is 464 g/mol. The van der Waals surface area contributed by atoms with E-state index in [0.717, 1.165) is 36.3 Å². The molecule has 0 amide bonds. The second-order valence-electron chi connectivity index (χ2n) is 8.75. The quantitative estimate of drug-likeness (QED) is 0.443. The largest absolute Gasteiger partial charge is 0.495 e. The molecule has 8 heteroatoms. The predicted octanol–water partition coefficient (Wildman–Crippen LogP) is 3.93. The Morgan fingerprint density at radius 1 is 0.971 bits per heavy atom. The third-order valence-electron chi connectivity index (χ3n) is 6.20. The number of hydrogen-bond donors (Lipinski definition) is 2. The third kappa shape index (κ3) is 6.28. The first-order valence-corrected chi connectivity index (χ1v) is 13.1. The summed E-state index contributed by atoms with van der Waals surface area (Å²) in [4.78, 5) is 14.2. The Morgan fingerprint density at radius 2 is 1.66 bits per heavy atom. The number of nitrogens with one attached hydrogen (secondary N) is 1. The lowest BCUT2D eigenvalue weighted by Gasteiger charge is -2.18. The Kier molecular flexibility index (Phi) is 7.85. The number of methoxy groups -OCH3 is 1. The van der Waals surface area contributed by atoms with Crippen molar-refractivity contribution in [2.75, 3.05) is 20.2 Å². The van der Waals surface area contributed by atoms with Crippen molar-refractivity contribution in [1.29, 1.82) is 0 Å². The van der Waals surface area contributed by atoms with Crippen LogP contribution in [0.3, 0.4) is 0 Å². The van der Waals surface area contributed by atoms with Gasteiger partial charge in [-0.25, -0.2) is 8.42 Å². The maximum absolute atomic E-state index is 13.3. The molecule has 2 N–H and O–H groups in total. The first kappa shape index (κ1) is 24.9. The van der Waals surface area contributed by atoms with E-state index in [1.165, 1.54) is 26.0 Å². The van der Waals surface area contributed by atoms with E-state index in [0.29, 0.717) is 5.56 Å². The summed E-state index contributed by atoms with van der Waals surface area (Å²) in [6, 6.07) is 20.6. The van der Waals surface area contributed by atoms with Gasteiger partial charge < -0.3 is 9.84 Å².